The van der Waals surface area contributed by atoms with Crippen molar-refractivity contribution < 1.29 is 14.5 Å². The number of nitrogens with zero attached hydrogens (tertiary/aromatic N) is 2. The van der Waals surface area contributed by atoms with Crippen LogP contribution < -0.4 is 0 Å². The number of carbonyl (C=O) groups is 1. The highest BCUT2D eigenvalue weighted by Crippen LogP contribution is 2.25. The van der Waals surface area contributed by atoms with Gasteiger partial charge in [-0.25, -0.2) is 4.79 Å². The van der Waals surface area contributed by atoms with Crippen molar-refractivity contribution >= 4 is 11.7 Å². The Labute approximate surface area is 97.6 Å². The fourth-order valence-corrected chi connectivity index (χ4v) is 1.40. The van der Waals surface area contributed by atoms with Crippen LogP contribution in [0.5, 0.6) is 0 Å². The summed E-state index contributed by atoms with van der Waals surface area (Å²) in [6.07, 6.45) is 0. The molecule has 0 bridgehead atoms. The smallest absolute Gasteiger partial charge is 0.346 e. The zero-order chi connectivity index (χ0) is 13.0. The summed E-state index contributed by atoms with van der Waals surface area (Å²) < 4.78 is 4.72. The third kappa shape index (κ3) is 2.39. The van der Waals surface area contributed by atoms with E-state index in [0.29, 0.717) is 5.56 Å². The molecule has 0 aliphatic carbocycles. The molecule has 17 heavy (non-hydrogen) atoms. The fourth-order valence-electron chi connectivity index (χ4n) is 1.40. The number of ether oxygens (including phenoxy) is 1. The maximum Gasteiger partial charge on any atom is 0.346 e. The SMILES string of the molecule is CCOC(=O)c1c([N+](=O)[O-])ccc(C)c1C#N. The molecule has 0 radical (unpaired) electrons. The lowest BCUT2D eigenvalue weighted by Gasteiger charge is -2.06. The molecule has 0 atom stereocenters. The standard InChI is InChI=1S/C11H10N2O4/c1-3-17-11(14)10-8(6-12)7(2)4-5-9(10)13(15)16/h4-5H,3H2,1-2H3. The second-order valence-electron chi connectivity index (χ2n) is 3.24. The third-order valence-corrected chi connectivity index (χ3v) is 2.18. The minimum atomic E-state index is -0.848. The van der Waals surface area contributed by atoms with Crippen molar-refractivity contribution in [2.45, 2.75) is 13.8 Å². The van der Waals surface area contributed by atoms with Crippen LogP contribution in [0.1, 0.15) is 28.4 Å². The molecule has 0 amide bonds. The summed E-state index contributed by atoms with van der Waals surface area (Å²) in [5.41, 5.74) is -0.205. The molecule has 88 valence electrons. The Kier molecular flexibility index (Phi) is 3.78. The number of nitro groups is 1. The topological polar surface area (TPSA) is 93.2 Å². The maximum atomic E-state index is 11.6. The summed E-state index contributed by atoms with van der Waals surface area (Å²) in [6.45, 7) is 3.28. The van der Waals surface area contributed by atoms with E-state index in [1.54, 1.807) is 19.9 Å². The van der Waals surface area contributed by atoms with Crippen molar-refractivity contribution in [3.8, 4) is 6.07 Å². The highest BCUT2D eigenvalue weighted by atomic mass is 16.6. The molecule has 0 heterocycles. The number of aryl methyl sites for hydroxylation is 1. The minimum absolute atomic E-state index is 0.0161. The van der Waals surface area contributed by atoms with Crippen LogP contribution in [0.4, 0.5) is 5.69 Å². The van der Waals surface area contributed by atoms with E-state index in [-0.39, 0.29) is 17.7 Å². The van der Waals surface area contributed by atoms with E-state index in [1.807, 2.05) is 0 Å². The second-order valence-corrected chi connectivity index (χ2v) is 3.24. The lowest BCUT2D eigenvalue weighted by Crippen LogP contribution is -2.11. The van der Waals surface area contributed by atoms with Crippen LogP contribution in [-0.4, -0.2) is 17.5 Å². The van der Waals surface area contributed by atoms with E-state index in [9.17, 15) is 14.9 Å². The van der Waals surface area contributed by atoms with Gasteiger partial charge in [0.25, 0.3) is 5.69 Å². The summed E-state index contributed by atoms with van der Waals surface area (Å²) in [5, 5.41) is 19.7. The second kappa shape index (κ2) is 5.07. The van der Waals surface area contributed by atoms with Crippen molar-refractivity contribution in [2.75, 3.05) is 6.61 Å². The number of carbonyl (C=O) groups excluding carboxylic acids is 1. The molecule has 0 N–H and O–H groups in total. The third-order valence-electron chi connectivity index (χ3n) is 2.18. The van der Waals surface area contributed by atoms with E-state index >= 15 is 0 Å². The first kappa shape index (κ1) is 12.6. The Morgan fingerprint density at radius 1 is 1.59 bits per heavy atom. The van der Waals surface area contributed by atoms with Gasteiger partial charge < -0.3 is 4.74 Å². The van der Waals surface area contributed by atoms with Crippen molar-refractivity contribution in [1.29, 1.82) is 5.26 Å². The molecule has 1 aromatic rings. The number of esters is 1. The Morgan fingerprint density at radius 3 is 2.71 bits per heavy atom. The molecule has 0 saturated heterocycles. The first-order valence-corrected chi connectivity index (χ1v) is 4.88. The van der Waals surface area contributed by atoms with E-state index in [0.717, 1.165) is 0 Å². The van der Waals surface area contributed by atoms with E-state index in [1.165, 1.54) is 12.1 Å². The molecule has 1 rings (SSSR count). The molecule has 0 aliphatic rings. The average Bonchev–Trinajstić information content (AvgIpc) is 2.28. The number of hydrogen-bond acceptors (Lipinski definition) is 5. The molecule has 0 spiro atoms. The van der Waals surface area contributed by atoms with Gasteiger partial charge >= 0.3 is 5.97 Å². The Morgan fingerprint density at radius 2 is 2.24 bits per heavy atom. The van der Waals surface area contributed by atoms with Crippen molar-refractivity contribution in [2.24, 2.45) is 0 Å². The van der Waals surface area contributed by atoms with Gasteiger partial charge in [0.15, 0.2) is 5.56 Å². The zero-order valence-electron chi connectivity index (χ0n) is 9.39. The van der Waals surface area contributed by atoms with Gasteiger partial charge in [0.1, 0.15) is 6.07 Å². The van der Waals surface area contributed by atoms with Gasteiger partial charge in [0, 0.05) is 6.07 Å². The van der Waals surface area contributed by atoms with Crippen LogP contribution in [0.25, 0.3) is 0 Å². The Balaban J connectivity index is 3.51. The molecule has 0 aliphatic heterocycles. The normalized spacial score (nSPS) is 9.47. The summed E-state index contributed by atoms with van der Waals surface area (Å²) in [7, 11) is 0. The van der Waals surface area contributed by atoms with E-state index in [2.05, 4.69) is 0 Å². The molecule has 0 unspecified atom stereocenters. The van der Waals surface area contributed by atoms with Gasteiger partial charge in [-0.2, -0.15) is 5.26 Å². The molecule has 6 nitrogen and oxygen atoms in total. The summed E-state index contributed by atoms with van der Waals surface area (Å²) in [4.78, 5) is 21.7. The monoisotopic (exact) mass is 234 g/mol. The van der Waals surface area contributed by atoms with Gasteiger partial charge in [-0.3, -0.25) is 10.1 Å². The molecule has 1 aromatic carbocycles. The minimum Gasteiger partial charge on any atom is -0.462 e. The molecular formula is C11H10N2O4. The average molecular weight is 234 g/mol. The first-order valence-electron chi connectivity index (χ1n) is 4.88. The van der Waals surface area contributed by atoms with Crippen molar-refractivity contribution in [3.05, 3.63) is 38.9 Å². The molecule has 0 fully saturated rings. The van der Waals surface area contributed by atoms with E-state index in [4.69, 9.17) is 10.00 Å². The lowest BCUT2D eigenvalue weighted by molar-refractivity contribution is -0.385. The Bertz CT molecular complexity index is 517. The largest absolute Gasteiger partial charge is 0.462 e. The predicted molar refractivity (Wildman–Crippen MR) is 58.5 cm³/mol. The molecule has 6 heteroatoms. The van der Waals surface area contributed by atoms with Crippen molar-refractivity contribution in [3.63, 3.8) is 0 Å². The summed E-state index contributed by atoms with van der Waals surface area (Å²) in [5.74, 6) is -0.848. The molecule has 0 aromatic heterocycles. The molecular weight excluding hydrogens is 224 g/mol. The lowest BCUT2D eigenvalue weighted by atomic mass is 10.0. The highest BCUT2D eigenvalue weighted by molar-refractivity contribution is 5.97. The van der Waals surface area contributed by atoms with Gasteiger partial charge in [-0.15, -0.1) is 0 Å². The van der Waals surface area contributed by atoms with Gasteiger partial charge in [-0.1, -0.05) is 6.07 Å². The van der Waals surface area contributed by atoms with Gasteiger partial charge in [0.2, 0.25) is 0 Å². The van der Waals surface area contributed by atoms with Crippen LogP contribution in [0.15, 0.2) is 12.1 Å². The number of rotatable bonds is 3. The predicted octanol–water partition coefficient (Wildman–Crippen LogP) is 1.95. The molecule has 0 saturated carbocycles. The van der Waals surface area contributed by atoms with Crippen LogP contribution in [0.2, 0.25) is 0 Å². The summed E-state index contributed by atoms with van der Waals surface area (Å²) >= 11 is 0. The van der Waals surface area contributed by atoms with Crippen LogP contribution in [-0.2, 0) is 4.74 Å². The first-order chi connectivity index (χ1) is 8.02. The van der Waals surface area contributed by atoms with Crippen LogP contribution in [0, 0.1) is 28.4 Å². The van der Waals surface area contributed by atoms with Crippen molar-refractivity contribution in [1.82, 2.24) is 0 Å². The summed E-state index contributed by atoms with van der Waals surface area (Å²) in [6, 6.07) is 4.42. The van der Waals surface area contributed by atoms with Gasteiger partial charge in [0.05, 0.1) is 17.1 Å². The number of hydrogen-bond donors (Lipinski definition) is 0. The highest BCUT2D eigenvalue weighted by Gasteiger charge is 2.26. The number of benzene rings is 1. The maximum absolute atomic E-state index is 11.6. The number of nitriles is 1. The fraction of sp³-hybridized carbons (Fsp3) is 0.273. The quantitative estimate of drug-likeness (QED) is 0.452. The number of nitro benzene ring substituents is 1. The van der Waals surface area contributed by atoms with Crippen LogP contribution >= 0.6 is 0 Å². The van der Waals surface area contributed by atoms with Crippen LogP contribution in [0.3, 0.4) is 0 Å². The van der Waals surface area contributed by atoms with Gasteiger partial charge in [-0.05, 0) is 19.4 Å². The zero-order valence-corrected chi connectivity index (χ0v) is 9.39. The van der Waals surface area contributed by atoms with E-state index < -0.39 is 16.6 Å². The Hall–Kier alpha value is -2.42.